The van der Waals surface area contributed by atoms with E-state index in [0.717, 1.165) is 28.0 Å². The summed E-state index contributed by atoms with van der Waals surface area (Å²) in [5.41, 5.74) is 4.45. The lowest BCUT2D eigenvalue weighted by molar-refractivity contribution is 0.199. The Balaban J connectivity index is 1.59. The van der Waals surface area contributed by atoms with Crippen molar-refractivity contribution in [1.29, 1.82) is 0 Å². The molecule has 1 aliphatic rings. The van der Waals surface area contributed by atoms with Crippen LogP contribution in [0.2, 0.25) is 0 Å². The van der Waals surface area contributed by atoms with Crippen molar-refractivity contribution in [3.8, 4) is 11.4 Å². The van der Waals surface area contributed by atoms with Crippen LogP contribution in [0.15, 0.2) is 87.6 Å². The number of amides is 2. The lowest BCUT2D eigenvalue weighted by Crippen LogP contribution is -2.45. The van der Waals surface area contributed by atoms with Gasteiger partial charge in [0.25, 0.3) is 5.89 Å². The minimum Gasteiger partial charge on any atom is -0.467 e. The Bertz CT molecular complexity index is 1260. The molecule has 0 fully saturated rings. The van der Waals surface area contributed by atoms with Gasteiger partial charge in [0.05, 0.1) is 24.4 Å². The molecule has 7 nitrogen and oxygen atoms in total. The summed E-state index contributed by atoms with van der Waals surface area (Å²) >= 11 is 0. The summed E-state index contributed by atoms with van der Waals surface area (Å²) in [4.78, 5) is 19.3. The third-order valence-electron chi connectivity index (χ3n) is 5.59. The number of aromatic nitrogens is 2. The Morgan fingerprint density at radius 1 is 1.00 bits per heavy atom. The lowest BCUT2D eigenvalue weighted by Gasteiger charge is -2.34. The van der Waals surface area contributed by atoms with Crippen LogP contribution in [-0.4, -0.2) is 21.1 Å². The number of rotatable bonds is 5. The molecule has 5 rings (SSSR count). The first kappa shape index (κ1) is 19.8. The van der Waals surface area contributed by atoms with Crippen LogP contribution in [0.4, 0.5) is 4.79 Å². The maximum Gasteiger partial charge on any atom is 0.322 e. The zero-order valence-electron chi connectivity index (χ0n) is 17.8. The average Bonchev–Trinajstić information content (AvgIpc) is 3.50. The molecule has 0 radical (unpaired) electrons. The summed E-state index contributed by atoms with van der Waals surface area (Å²) < 4.78 is 11.2. The van der Waals surface area contributed by atoms with Crippen molar-refractivity contribution in [3.63, 3.8) is 0 Å². The van der Waals surface area contributed by atoms with Crippen molar-refractivity contribution in [2.75, 3.05) is 0 Å². The first-order valence-corrected chi connectivity index (χ1v) is 10.4. The summed E-state index contributed by atoms with van der Waals surface area (Å²) in [6.45, 7) is 4.22. The predicted octanol–water partition coefficient (Wildman–Crippen LogP) is 5.34. The second-order valence-electron chi connectivity index (χ2n) is 7.75. The van der Waals surface area contributed by atoms with Gasteiger partial charge in [-0.1, -0.05) is 65.3 Å². The van der Waals surface area contributed by atoms with Crippen molar-refractivity contribution in [3.05, 3.63) is 101 Å². The van der Waals surface area contributed by atoms with Gasteiger partial charge >= 0.3 is 6.03 Å². The minimum absolute atomic E-state index is 0.213. The molecule has 7 heteroatoms. The molecule has 2 aromatic carbocycles. The summed E-state index contributed by atoms with van der Waals surface area (Å²) in [6.07, 6.45) is 1.59. The molecule has 0 bridgehead atoms. The second kappa shape index (κ2) is 8.19. The van der Waals surface area contributed by atoms with E-state index in [-0.39, 0.29) is 6.03 Å². The topological polar surface area (TPSA) is 84.4 Å². The number of urea groups is 1. The van der Waals surface area contributed by atoms with Crippen LogP contribution in [-0.2, 0) is 6.54 Å². The molecule has 1 atom stereocenters. The molecule has 2 aromatic heterocycles. The second-order valence-corrected chi connectivity index (χ2v) is 7.75. The zero-order chi connectivity index (χ0) is 22.1. The van der Waals surface area contributed by atoms with Crippen LogP contribution in [0.3, 0.4) is 0 Å². The standard InChI is InChI=1S/C25H22N4O3/c1-16-10-12-19(13-11-16)23-27-24(32-28-23)21-17(2)29(15-20-9-6-14-31-20)25(30)26-22(21)18-7-4-3-5-8-18/h3-14,22H,15H2,1-2H3,(H,26,30). The third kappa shape index (κ3) is 3.69. The highest BCUT2D eigenvalue weighted by Gasteiger charge is 2.36. The Hall–Kier alpha value is -4.13. The van der Waals surface area contributed by atoms with Gasteiger partial charge in [-0.3, -0.25) is 4.90 Å². The van der Waals surface area contributed by atoms with Crippen LogP contribution in [0.1, 0.15) is 35.7 Å². The monoisotopic (exact) mass is 426 g/mol. The Morgan fingerprint density at radius 2 is 1.78 bits per heavy atom. The molecule has 0 saturated carbocycles. The SMILES string of the molecule is CC1=C(c2nc(-c3ccc(C)cc3)no2)C(c2ccccc2)NC(=O)N1Cc1ccco1. The molecule has 0 aliphatic carbocycles. The summed E-state index contributed by atoms with van der Waals surface area (Å²) in [5.74, 6) is 1.56. The van der Waals surface area contributed by atoms with Gasteiger partial charge < -0.3 is 14.3 Å². The fourth-order valence-electron chi connectivity index (χ4n) is 3.86. The normalized spacial score (nSPS) is 16.4. The molecule has 0 saturated heterocycles. The largest absolute Gasteiger partial charge is 0.467 e. The molecule has 1 N–H and O–H groups in total. The fraction of sp³-hybridized carbons (Fsp3) is 0.160. The zero-order valence-corrected chi connectivity index (χ0v) is 17.8. The number of hydrogen-bond acceptors (Lipinski definition) is 5. The smallest absolute Gasteiger partial charge is 0.322 e. The average molecular weight is 426 g/mol. The van der Waals surface area contributed by atoms with Crippen LogP contribution >= 0.6 is 0 Å². The number of aryl methyl sites for hydroxylation is 1. The summed E-state index contributed by atoms with van der Waals surface area (Å²) in [6, 6.07) is 20.7. The van der Waals surface area contributed by atoms with E-state index in [1.54, 1.807) is 17.2 Å². The molecular weight excluding hydrogens is 404 g/mol. The van der Waals surface area contributed by atoms with Crippen molar-refractivity contribution in [2.24, 2.45) is 0 Å². The first-order chi connectivity index (χ1) is 15.6. The first-order valence-electron chi connectivity index (χ1n) is 10.4. The number of hydrogen-bond donors (Lipinski definition) is 1. The van der Waals surface area contributed by atoms with Gasteiger partial charge in [0.2, 0.25) is 5.82 Å². The number of allylic oxidation sites excluding steroid dienone is 1. The maximum atomic E-state index is 13.0. The molecule has 0 spiro atoms. The van der Waals surface area contributed by atoms with E-state index in [2.05, 4.69) is 15.5 Å². The van der Waals surface area contributed by atoms with Gasteiger partial charge in [-0.05, 0) is 31.5 Å². The Morgan fingerprint density at radius 3 is 2.50 bits per heavy atom. The number of furan rings is 1. The lowest BCUT2D eigenvalue weighted by atomic mass is 9.94. The van der Waals surface area contributed by atoms with E-state index in [4.69, 9.17) is 8.94 Å². The third-order valence-corrected chi connectivity index (χ3v) is 5.59. The van der Waals surface area contributed by atoms with Gasteiger partial charge in [-0.25, -0.2) is 4.79 Å². The van der Waals surface area contributed by atoms with Gasteiger partial charge in [-0.15, -0.1) is 0 Å². The molecule has 1 unspecified atom stereocenters. The van der Waals surface area contributed by atoms with Crippen molar-refractivity contribution >= 4 is 11.6 Å². The fourth-order valence-corrected chi connectivity index (χ4v) is 3.86. The van der Waals surface area contributed by atoms with Crippen molar-refractivity contribution in [1.82, 2.24) is 20.4 Å². The molecule has 160 valence electrons. The molecule has 2 amide bonds. The van der Waals surface area contributed by atoms with E-state index >= 15 is 0 Å². The minimum atomic E-state index is -0.414. The van der Waals surface area contributed by atoms with E-state index < -0.39 is 6.04 Å². The van der Waals surface area contributed by atoms with Crippen LogP contribution in [0, 0.1) is 6.92 Å². The quantitative estimate of drug-likeness (QED) is 0.466. The molecular formula is C25H22N4O3. The number of carbonyl (C=O) groups excluding carboxylic acids is 1. The Kier molecular flexibility index (Phi) is 5.07. The van der Waals surface area contributed by atoms with Crippen molar-refractivity contribution in [2.45, 2.75) is 26.4 Å². The van der Waals surface area contributed by atoms with Gasteiger partial charge in [-0.2, -0.15) is 4.98 Å². The van der Waals surface area contributed by atoms with E-state index in [1.807, 2.05) is 74.5 Å². The maximum absolute atomic E-state index is 13.0. The van der Waals surface area contributed by atoms with Gasteiger partial charge in [0, 0.05) is 11.3 Å². The Labute approximate surface area is 185 Å². The molecule has 32 heavy (non-hydrogen) atoms. The van der Waals surface area contributed by atoms with Crippen LogP contribution < -0.4 is 5.32 Å². The van der Waals surface area contributed by atoms with Gasteiger partial charge in [0.15, 0.2) is 0 Å². The number of nitrogens with zero attached hydrogens (tertiary/aromatic N) is 3. The molecule has 1 aliphatic heterocycles. The molecule has 3 heterocycles. The van der Waals surface area contributed by atoms with E-state index in [9.17, 15) is 4.79 Å². The van der Waals surface area contributed by atoms with E-state index in [0.29, 0.717) is 24.0 Å². The number of benzene rings is 2. The van der Waals surface area contributed by atoms with Crippen molar-refractivity contribution < 1.29 is 13.7 Å². The summed E-state index contributed by atoms with van der Waals surface area (Å²) in [5, 5.41) is 7.29. The van der Waals surface area contributed by atoms with Crippen LogP contribution in [0.5, 0.6) is 0 Å². The van der Waals surface area contributed by atoms with Gasteiger partial charge in [0.1, 0.15) is 5.76 Å². The number of carbonyl (C=O) groups is 1. The van der Waals surface area contributed by atoms with E-state index in [1.165, 1.54) is 0 Å². The highest BCUT2D eigenvalue weighted by Crippen LogP contribution is 2.37. The molecule has 4 aromatic rings. The predicted molar refractivity (Wildman–Crippen MR) is 119 cm³/mol. The highest BCUT2D eigenvalue weighted by atomic mass is 16.5. The number of nitrogens with one attached hydrogen (secondary N) is 1. The highest BCUT2D eigenvalue weighted by molar-refractivity contribution is 5.86. The van der Waals surface area contributed by atoms with Crippen LogP contribution in [0.25, 0.3) is 17.0 Å². The summed E-state index contributed by atoms with van der Waals surface area (Å²) in [7, 11) is 0.